The standard InChI is InChI=1S/C10H12N2O2S/c1-10(2,9-11-4-6-15-9)12-5-3-7(13)8(12)14/h4,6H,3,5H2,1-2H3. The molecule has 0 aromatic carbocycles. The van der Waals surface area contributed by atoms with Crippen molar-refractivity contribution in [2.24, 2.45) is 0 Å². The summed E-state index contributed by atoms with van der Waals surface area (Å²) < 4.78 is 0. The summed E-state index contributed by atoms with van der Waals surface area (Å²) in [5.74, 6) is -0.671. The van der Waals surface area contributed by atoms with Crippen LogP contribution in [0.5, 0.6) is 0 Å². The number of aromatic nitrogens is 1. The average molecular weight is 224 g/mol. The van der Waals surface area contributed by atoms with Gasteiger partial charge in [-0.3, -0.25) is 9.59 Å². The minimum Gasteiger partial charge on any atom is -0.324 e. The molecule has 1 saturated heterocycles. The number of carbonyl (C=O) groups is 2. The molecule has 0 N–H and O–H groups in total. The van der Waals surface area contributed by atoms with Crippen molar-refractivity contribution in [2.75, 3.05) is 6.54 Å². The van der Waals surface area contributed by atoms with Gasteiger partial charge < -0.3 is 4.90 Å². The molecule has 0 radical (unpaired) electrons. The van der Waals surface area contributed by atoms with Gasteiger partial charge in [0.1, 0.15) is 5.01 Å². The summed E-state index contributed by atoms with van der Waals surface area (Å²) in [5, 5.41) is 2.74. The van der Waals surface area contributed by atoms with Gasteiger partial charge >= 0.3 is 0 Å². The van der Waals surface area contributed by atoms with Crippen molar-refractivity contribution in [3.63, 3.8) is 0 Å². The Morgan fingerprint density at radius 3 is 2.67 bits per heavy atom. The third-order valence-corrected chi connectivity index (χ3v) is 3.76. The number of amides is 1. The normalized spacial score (nSPS) is 17.6. The van der Waals surface area contributed by atoms with Crippen LogP contribution in [0.1, 0.15) is 25.3 Å². The fourth-order valence-electron chi connectivity index (χ4n) is 1.75. The number of likely N-dealkylation sites (tertiary alicyclic amines) is 1. The van der Waals surface area contributed by atoms with E-state index in [2.05, 4.69) is 4.98 Å². The molecule has 1 fully saturated rings. The average Bonchev–Trinajstić information content (AvgIpc) is 2.78. The highest BCUT2D eigenvalue weighted by Crippen LogP contribution is 2.31. The van der Waals surface area contributed by atoms with Crippen LogP contribution in [-0.2, 0) is 15.1 Å². The Morgan fingerprint density at radius 2 is 2.20 bits per heavy atom. The first-order chi connectivity index (χ1) is 7.03. The number of Topliss-reactive ketones (excluding diaryl/α,β-unsaturated/α-hetero) is 1. The lowest BCUT2D eigenvalue weighted by atomic mass is 10.0. The van der Waals surface area contributed by atoms with Gasteiger partial charge in [-0.1, -0.05) is 0 Å². The SMILES string of the molecule is CC(C)(c1nccs1)N1CCC(=O)C1=O. The molecule has 0 unspecified atom stereocenters. The molecule has 1 amide bonds. The lowest BCUT2D eigenvalue weighted by Gasteiger charge is -2.32. The Hall–Kier alpha value is -1.23. The molecule has 2 heterocycles. The maximum atomic E-state index is 11.6. The zero-order chi connectivity index (χ0) is 11.1. The zero-order valence-electron chi connectivity index (χ0n) is 8.69. The topological polar surface area (TPSA) is 50.3 Å². The third kappa shape index (κ3) is 1.56. The van der Waals surface area contributed by atoms with E-state index in [1.165, 1.54) is 11.3 Å². The van der Waals surface area contributed by atoms with Gasteiger partial charge in [0.25, 0.3) is 5.91 Å². The fourth-order valence-corrected chi connectivity index (χ4v) is 2.52. The van der Waals surface area contributed by atoms with E-state index in [0.717, 1.165) is 5.01 Å². The predicted octanol–water partition coefficient (Wildman–Crippen LogP) is 1.18. The highest BCUT2D eigenvalue weighted by molar-refractivity contribution is 7.09. The molecule has 0 bridgehead atoms. The molecule has 0 saturated carbocycles. The quantitative estimate of drug-likeness (QED) is 0.709. The summed E-state index contributed by atoms with van der Waals surface area (Å²) >= 11 is 1.50. The molecule has 1 aliphatic rings. The lowest BCUT2D eigenvalue weighted by molar-refractivity contribution is -0.143. The molecule has 80 valence electrons. The maximum absolute atomic E-state index is 11.6. The number of rotatable bonds is 2. The largest absolute Gasteiger partial charge is 0.324 e. The molecule has 1 aliphatic heterocycles. The Bertz CT molecular complexity index is 398. The van der Waals surface area contributed by atoms with E-state index in [9.17, 15) is 9.59 Å². The minimum absolute atomic E-state index is 0.292. The van der Waals surface area contributed by atoms with E-state index in [1.807, 2.05) is 19.2 Å². The van der Waals surface area contributed by atoms with Crippen molar-refractivity contribution in [3.8, 4) is 0 Å². The number of nitrogens with zero attached hydrogens (tertiary/aromatic N) is 2. The van der Waals surface area contributed by atoms with E-state index in [1.54, 1.807) is 11.1 Å². The first-order valence-corrected chi connectivity index (χ1v) is 5.66. The van der Waals surface area contributed by atoms with Gasteiger partial charge in [0.15, 0.2) is 0 Å². The molecule has 2 rings (SSSR count). The Balaban J connectivity index is 2.31. The predicted molar refractivity (Wildman–Crippen MR) is 56.5 cm³/mol. The summed E-state index contributed by atoms with van der Waals surface area (Å²) in [6, 6.07) is 0. The number of carbonyl (C=O) groups excluding carboxylic acids is 2. The van der Waals surface area contributed by atoms with E-state index in [4.69, 9.17) is 0 Å². The van der Waals surface area contributed by atoms with Crippen LogP contribution in [0, 0.1) is 0 Å². The Morgan fingerprint density at radius 1 is 1.47 bits per heavy atom. The summed E-state index contributed by atoms with van der Waals surface area (Å²) in [6.07, 6.45) is 2.04. The first-order valence-electron chi connectivity index (χ1n) is 4.78. The zero-order valence-corrected chi connectivity index (χ0v) is 9.50. The number of thiazole rings is 1. The molecule has 4 nitrogen and oxygen atoms in total. The van der Waals surface area contributed by atoms with Crippen LogP contribution >= 0.6 is 11.3 Å². The number of hydrogen-bond acceptors (Lipinski definition) is 4. The molecule has 0 atom stereocenters. The Labute approximate surface area is 91.9 Å². The second-order valence-corrected chi connectivity index (χ2v) is 4.92. The molecule has 0 spiro atoms. The molecule has 0 aliphatic carbocycles. The van der Waals surface area contributed by atoms with Gasteiger partial charge in [0.05, 0.1) is 5.54 Å². The molecular weight excluding hydrogens is 212 g/mol. The minimum atomic E-state index is -0.475. The summed E-state index contributed by atoms with van der Waals surface area (Å²) in [4.78, 5) is 28.6. The van der Waals surface area contributed by atoms with Crippen molar-refractivity contribution in [2.45, 2.75) is 25.8 Å². The van der Waals surface area contributed by atoms with E-state index >= 15 is 0 Å². The van der Waals surface area contributed by atoms with Gasteiger partial charge in [-0.2, -0.15) is 0 Å². The van der Waals surface area contributed by atoms with Crippen LogP contribution in [-0.4, -0.2) is 28.1 Å². The van der Waals surface area contributed by atoms with Crippen molar-refractivity contribution in [1.82, 2.24) is 9.88 Å². The molecule has 15 heavy (non-hydrogen) atoms. The number of ketones is 1. The number of hydrogen-bond donors (Lipinski definition) is 0. The van der Waals surface area contributed by atoms with E-state index < -0.39 is 5.54 Å². The van der Waals surface area contributed by atoms with E-state index in [-0.39, 0.29) is 11.7 Å². The van der Waals surface area contributed by atoms with E-state index in [0.29, 0.717) is 13.0 Å². The van der Waals surface area contributed by atoms with Gasteiger partial charge in [-0.05, 0) is 13.8 Å². The molecule has 1 aromatic rings. The molecule has 5 heteroatoms. The summed E-state index contributed by atoms with van der Waals surface area (Å²) in [7, 11) is 0. The highest BCUT2D eigenvalue weighted by Gasteiger charge is 2.41. The van der Waals surface area contributed by atoms with Crippen molar-refractivity contribution in [1.29, 1.82) is 0 Å². The van der Waals surface area contributed by atoms with Crippen molar-refractivity contribution in [3.05, 3.63) is 16.6 Å². The monoisotopic (exact) mass is 224 g/mol. The fraction of sp³-hybridized carbons (Fsp3) is 0.500. The lowest BCUT2D eigenvalue weighted by Crippen LogP contribution is -2.43. The second-order valence-electron chi connectivity index (χ2n) is 4.03. The molecular formula is C10H12N2O2S. The summed E-state index contributed by atoms with van der Waals surface area (Å²) in [5.41, 5.74) is -0.475. The van der Waals surface area contributed by atoms with Gasteiger partial charge in [0, 0.05) is 24.5 Å². The van der Waals surface area contributed by atoms with Gasteiger partial charge in [-0.25, -0.2) is 4.98 Å². The first kappa shape index (κ1) is 10.3. The maximum Gasteiger partial charge on any atom is 0.290 e. The van der Waals surface area contributed by atoms with Crippen LogP contribution in [0.2, 0.25) is 0 Å². The smallest absolute Gasteiger partial charge is 0.290 e. The highest BCUT2D eigenvalue weighted by atomic mass is 32.1. The Kier molecular flexibility index (Phi) is 2.34. The molecule has 1 aromatic heterocycles. The van der Waals surface area contributed by atoms with Crippen LogP contribution in [0.4, 0.5) is 0 Å². The summed E-state index contributed by atoms with van der Waals surface area (Å²) in [6.45, 7) is 4.34. The van der Waals surface area contributed by atoms with Crippen LogP contribution in [0.3, 0.4) is 0 Å². The second kappa shape index (κ2) is 3.41. The van der Waals surface area contributed by atoms with Gasteiger partial charge in [0.2, 0.25) is 5.78 Å². The van der Waals surface area contributed by atoms with Crippen LogP contribution in [0.25, 0.3) is 0 Å². The van der Waals surface area contributed by atoms with Crippen LogP contribution in [0.15, 0.2) is 11.6 Å². The third-order valence-electron chi connectivity index (χ3n) is 2.68. The van der Waals surface area contributed by atoms with Gasteiger partial charge in [-0.15, -0.1) is 11.3 Å². The van der Waals surface area contributed by atoms with Crippen molar-refractivity contribution >= 4 is 23.0 Å². The van der Waals surface area contributed by atoms with Crippen LogP contribution < -0.4 is 0 Å². The van der Waals surface area contributed by atoms with Crippen molar-refractivity contribution < 1.29 is 9.59 Å².